The molecule has 0 saturated carbocycles. The van der Waals surface area contributed by atoms with E-state index >= 15 is 0 Å². The summed E-state index contributed by atoms with van der Waals surface area (Å²) in [5.74, 6) is -0.0733. The number of nitrogens with zero attached hydrogens (tertiary/aromatic N) is 4. The first-order chi connectivity index (χ1) is 14.9. The summed E-state index contributed by atoms with van der Waals surface area (Å²) in [6.07, 6.45) is 4.36. The van der Waals surface area contributed by atoms with Crippen molar-refractivity contribution in [2.24, 2.45) is 13.0 Å². The molecule has 0 radical (unpaired) electrons. The van der Waals surface area contributed by atoms with Crippen LogP contribution in [-0.4, -0.2) is 63.7 Å². The number of hydrogen-bond donors (Lipinski definition) is 2. The number of amides is 2. The van der Waals surface area contributed by atoms with Crippen molar-refractivity contribution in [3.63, 3.8) is 0 Å². The second-order valence-electron chi connectivity index (χ2n) is 7.56. The summed E-state index contributed by atoms with van der Waals surface area (Å²) in [5.41, 5.74) is 1.25. The number of carbonyl (C=O) groups excluding carboxylic acids is 3. The summed E-state index contributed by atoms with van der Waals surface area (Å²) in [6, 6.07) is 3.71. The van der Waals surface area contributed by atoms with Gasteiger partial charge in [-0.25, -0.2) is 9.78 Å². The summed E-state index contributed by atoms with van der Waals surface area (Å²) < 4.78 is 6.43. The van der Waals surface area contributed by atoms with E-state index in [1.54, 1.807) is 20.2 Å². The normalized spacial score (nSPS) is 14.8. The minimum absolute atomic E-state index is 0.0452. The molecule has 1 saturated heterocycles. The topological polar surface area (TPSA) is 118 Å². The van der Waals surface area contributed by atoms with Crippen molar-refractivity contribution < 1.29 is 19.1 Å². The fourth-order valence-corrected chi connectivity index (χ4v) is 3.50. The van der Waals surface area contributed by atoms with Crippen LogP contribution in [0.1, 0.15) is 35.7 Å². The molecule has 3 heterocycles. The maximum atomic E-state index is 12.5. The first kappa shape index (κ1) is 22.4. The molecule has 2 aromatic rings. The van der Waals surface area contributed by atoms with Crippen molar-refractivity contribution in [1.82, 2.24) is 19.7 Å². The number of piperidine rings is 1. The number of pyridine rings is 1. The molecule has 166 valence electrons. The number of aryl methyl sites for hydroxylation is 2. The number of esters is 1. The standard InChI is InChI=1S/C21H28N6O4/c1-4-31-21(30)16-12-23-26(3)19(16)25-18(28)13-27-9-6-15(7-10-27)20(29)24-17-11-14(2)5-8-22-17/h5,8,11-12,15H,4,6-7,9-10,13H2,1-3H3,(H,25,28)(H,22,24,29). The van der Waals surface area contributed by atoms with E-state index in [-0.39, 0.29) is 36.4 Å². The van der Waals surface area contributed by atoms with Crippen molar-refractivity contribution in [1.29, 1.82) is 0 Å². The summed E-state index contributed by atoms with van der Waals surface area (Å²) in [7, 11) is 1.64. The number of ether oxygens (including phenoxy) is 1. The summed E-state index contributed by atoms with van der Waals surface area (Å²) in [5, 5.41) is 9.65. The number of anilines is 2. The average Bonchev–Trinajstić information content (AvgIpc) is 3.09. The zero-order chi connectivity index (χ0) is 22.4. The lowest BCUT2D eigenvalue weighted by atomic mass is 9.96. The molecule has 0 aromatic carbocycles. The predicted molar refractivity (Wildman–Crippen MR) is 115 cm³/mol. The van der Waals surface area contributed by atoms with E-state index in [1.807, 2.05) is 24.0 Å². The molecule has 0 unspecified atom stereocenters. The van der Waals surface area contributed by atoms with Gasteiger partial charge in [0.2, 0.25) is 11.8 Å². The molecule has 0 aliphatic carbocycles. The molecule has 0 spiro atoms. The molecular formula is C21H28N6O4. The van der Waals surface area contributed by atoms with Crippen LogP contribution in [0, 0.1) is 12.8 Å². The molecule has 3 rings (SSSR count). The Bertz CT molecular complexity index is 949. The SMILES string of the molecule is CCOC(=O)c1cnn(C)c1NC(=O)CN1CCC(C(=O)Nc2cc(C)ccn2)CC1. The largest absolute Gasteiger partial charge is 0.462 e. The molecule has 2 amide bonds. The molecular weight excluding hydrogens is 400 g/mol. The van der Waals surface area contributed by atoms with Crippen LogP contribution in [0.25, 0.3) is 0 Å². The highest BCUT2D eigenvalue weighted by atomic mass is 16.5. The predicted octanol–water partition coefficient (Wildman–Crippen LogP) is 1.59. The zero-order valence-corrected chi connectivity index (χ0v) is 18.1. The Morgan fingerprint density at radius 1 is 1.23 bits per heavy atom. The van der Waals surface area contributed by atoms with Gasteiger partial charge in [0.1, 0.15) is 17.2 Å². The third-order valence-corrected chi connectivity index (χ3v) is 5.18. The maximum absolute atomic E-state index is 12.5. The highest BCUT2D eigenvalue weighted by Crippen LogP contribution is 2.20. The van der Waals surface area contributed by atoms with E-state index in [0.717, 1.165) is 5.56 Å². The van der Waals surface area contributed by atoms with Gasteiger partial charge >= 0.3 is 5.97 Å². The quantitative estimate of drug-likeness (QED) is 0.643. The third kappa shape index (κ3) is 5.88. The van der Waals surface area contributed by atoms with E-state index < -0.39 is 5.97 Å². The Balaban J connectivity index is 1.49. The van der Waals surface area contributed by atoms with Gasteiger partial charge in [-0.05, 0) is 57.5 Å². The van der Waals surface area contributed by atoms with Crippen LogP contribution in [0.3, 0.4) is 0 Å². The van der Waals surface area contributed by atoms with Gasteiger partial charge in [-0.15, -0.1) is 0 Å². The second-order valence-corrected chi connectivity index (χ2v) is 7.56. The number of hydrogen-bond acceptors (Lipinski definition) is 7. The minimum Gasteiger partial charge on any atom is -0.462 e. The van der Waals surface area contributed by atoms with Gasteiger partial charge in [-0.1, -0.05) is 0 Å². The lowest BCUT2D eigenvalue weighted by molar-refractivity contribution is -0.121. The summed E-state index contributed by atoms with van der Waals surface area (Å²) in [4.78, 5) is 43.2. The molecule has 1 fully saturated rings. The van der Waals surface area contributed by atoms with Crippen LogP contribution in [0.5, 0.6) is 0 Å². The van der Waals surface area contributed by atoms with Crippen LogP contribution >= 0.6 is 0 Å². The van der Waals surface area contributed by atoms with Crippen LogP contribution in [0.2, 0.25) is 0 Å². The Morgan fingerprint density at radius 2 is 1.97 bits per heavy atom. The Kier molecular flexibility index (Phi) is 7.35. The Morgan fingerprint density at radius 3 is 2.65 bits per heavy atom. The number of nitrogens with one attached hydrogen (secondary N) is 2. The van der Waals surface area contributed by atoms with Gasteiger partial charge in [0.05, 0.1) is 19.3 Å². The van der Waals surface area contributed by atoms with E-state index in [0.29, 0.717) is 37.6 Å². The average molecular weight is 428 g/mol. The molecule has 10 nitrogen and oxygen atoms in total. The first-order valence-corrected chi connectivity index (χ1v) is 10.3. The van der Waals surface area contributed by atoms with Crippen molar-refractivity contribution in [2.75, 3.05) is 36.9 Å². The van der Waals surface area contributed by atoms with Crippen LogP contribution in [0.4, 0.5) is 11.6 Å². The smallest absolute Gasteiger partial charge is 0.343 e. The van der Waals surface area contributed by atoms with Crippen molar-refractivity contribution in [3.05, 3.63) is 35.7 Å². The highest BCUT2D eigenvalue weighted by molar-refractivity contribution is 6.00. The van der Waals surface area contributed by atoms with E-state index in [1.165, 1.54) is 10.9 Å². The molecule has 0 bridgehead atoms. The maximum Gasteiger partial charge on any atom is 0.343 e. The summed E-state index contributed by atoms with van der Waals surface area (Å²) in [6.45, 7) is 5.33. The molecule has 31 heavy (non-hydrogen) atoms. The van der Waals surface area contributed by atoms with Gasteiger partial charge in [0.25, 0.3) is 0 Å². The number of rotatable bonds is 7. The molecule has 2 aromatic heterocycles. The second kappa shape index (κ2) is 10.2. The third-order valence-electron chi connectivity index (χ3n) is 5.18. The Hall–Kier alpha value is -3.27. The van der Waals surface area contributed by atoms with Crippen LogP contribution in [-0.2, 0) is 21.4 Å². The fourth-order valence-electron chi connectivity index (χ4n) is 3.50. The molecule has 2 N–H and O–H groups in total. The lowest BCUT2D eigenvalue weighted by Gasteiger charge is -2.30. The van der Waals surface area contributed by atoms with Gasteiger partial charge in [-0.3, -0.25) is 19.2 Å². The monoisotopic (exact) mass is 428 g/mol. The molecule has 0 atom stereocenters. The highest BCUT2D eigenvalue weighted by Gasteiger charge is 2.27. The number of likely N-dealkylation sites (tertiary alicyclic amines) is 1. The fraction of sp³-hybridized carbons (Fsp3) is 0.476. The van der Waals surface area contributed by atoms with Crippen molar-refractivity contribution in [2.45, 2.75) is 26.7 Å². The van der Waals surface area contributed by atoms with Gasteiger partial charge in [0, 0.05) is 19.2 Å². The Labute approximate surface area is 181 Å². The van der Waals surface area contributed by atoms with Crippen LogP contribution < -0.4 is 10.6 Å². The van der Waals surface area contributed by atoms with Crippen LogP contribution in [0.15, 0.2) is 24.5 Å². The van der Waals surface area contributed by atoms with E-state index in [9.17, 15) is 14.4 Å². The number of aromatic nitrogens is 3. The van der Waals surface area contributed by atoms with Crippen molar-refractivity contribution in [3.8, 4) is 0 Å². The molecule has 10 heteroatoms. The lowest BCUT2D eigenvalue weighted by Crippen LogP contribution is -2.42. The first-order valence-electron chi connectivity index (χ1n) is 10.3. The van der Waals surface area contributed by atoms with Gasteiger partial charge < -0.3 is 15.4 Å². The number of carbonyl (C=O) groups is 3. The molecule has 1 aliphatic rings. The minimum atomic E-state index is -0.527. The van der Waals surface area contributed by atoms with E-state index in [4.69, 9.17) is 4.74 Å². The zero-order valence-electron chi connectivity index (χ0n) is 18.1. The van der Waals surface area contributed by atoms with Gasteiger partial charge in [-0.2, -0.15) is 5.10 Å². The van der Waals surface area contributed by atoms with Gasteiger partial charge in [0.15, 0.2) is 0 Å². The molecule has 1 aliphatic heterocycles. The summed E-state index contributed by atoms with van der Waals surface area (Å²) >= 11 is 0. The van der Waals surface area contributed by atoms with E-state index in [2.05, 4.69) is 20.7 Å². The van der Waals surface area contributed by atoms with Crippen molar-refractivity contribution >= 4 is 29.4 Å².